The maximum atomic E-state index is 14.7. The van der Waals surface area contributed by atoms with Crippen molar-refractivity contribution < 1.29 is 43.3 Å². The number of aromatic nitrogens is 2. The number of aromatic hydroxyl groups is 1. The number of alkyl carbamates (subject to hydrolysis) is 1. The minimum Gasteiger partial charge on any atom is -0.508 e. The van der Waals surface area contributed by atoms with E-state index >= 15 is 0 Å². The molecule has 4 N–H and O–H groups in total. The minimum atomic E-state index is -1.22. The van der Waals surface area contributed by atoms with Gasteiger partial charge in [0.1, 0.15) is 36.0 Å². The number of hydrazine groups is 1. The summed E-state index contributed by atoms with van der Waals surface area (Å²) in [5.41, 5.74) is 7.72. The lowest BCUT2D eigenvalue weighted by molar-refractivity contribution is -0.155. The summed E-state index contributed by atoms with van der Waals surface area (Å²) in [6.07, 6.45) is 4.68. The number of aryl methyl sites for hydroxylation is 1. The molecule has 2 aliphatic heterocycles. The van der Waals surface area contributed by atoms with Crippen molar-refractivity contribution in [2.75, 3.05) is 33.8 Å². The number of nitrogens with one attached hydrogen (secondary N) is 3. The largest absolute Gasteiger partial charge is 0.508 e. The van der Waals surface area contributed by atoms with E-state index in [4.69, 9.17) is 9.47 Å². The van der Waals surface area contributed by atoms with E-state index in [1.165, 1.54) is 17.0 Å². The number of esters is 1. The molecule has 2 aromatic carbocycles. The Kier molecular flexibility index (Phi) is 16.4. The maximum absolute atomic E-state index is 14.7. The van der Waals surface area contributed by atoms with Gasteiger partial charge in [-0.25, -0.2) is 10.2 Å². The Morgan fingerprint density at radius 2 is 1.71 bits per heavy atom. The highest BCUT2D eigenvalue weighted by molar-refractivity contribution is 5.98. The fourth-order valence-electron chi connectivity index (χ4n) is 9.32. The lowest BCUT2D eigenvalue weighted by Crippen LogP contribution is -2.62. The second-order valence-electron chi connectivity index (χ2n) is 20.9. The number of nitrogens with zero attached hydrogens (tertiary/aromatic N) is 5. The normalized spacial score (nSPS) is 18.3. The molecule has 378 valence electrons. The van der Waals surface area contributed by atoms with Crippen molar-refractivity contribution in [3.63, 3.8) is 0 Å². The average molecular weight is 965 g/mol. The molecule has 4 heterocycles. The number of ether oxygens (including phenoxy) is 2. The third-order valence-electron chi connectivity index (χ3n) is 13.2. The summed E-state index contributed by atoms with van der Waals surface area (Å²) in [5.74, 6) is -2.81. The Morgan fingerprint density at radius 3 is 2.39 bits per heavy atom. The Balaban J connectivity index is 1.43. The molecule has 5 amide bonds. The molecule has 2 aromatic heterocycles. The average Bonchev–Trinajstić information content (AvgIpc) is 3.61. The topological polar surface area (TPSA) is 205 Å². The number of likely N-dealkylation sites (N-methyl/N-ethyl adjacent to an activating group) is 1. The van der Waals surface area contributed by atoms with Crippen LogP contribution in [0, 0.1) is 11.3 Å². The molecule has 1 saturated heterocycles. The number of carbonyl (C=O) groups is 6. The van der Waals surface area contributed by atoms with E-state index in [1.54, 1.807) is 71.1 Å². The molecule has 0 aliphatic carbocycles. The highest BCUT2D eigenvalue weighted by Gasteiger charge is 2.38. The predicted molar refractivity (Wildman–Crippen MR) is 267 cm³/mol. The van der Waals surface area contributed by atoms with Gasteiger partial charge in [0.25, 0.3) is 11.8 Å². The molecule has 1 unspecified atom stereocenters. The molecule has 0 saturated carbocycles. The maximum Gasteiger partial charge on any atom is 0.408 e. The second kappa shape index (κ2) is 21.7. The summed E-state index contributed by atoms with van der Waals surface area (Å²) >= 11 is 0. The van der Waals surface area contributed by atoms with Crippen LogP contribution in [0.3, 0.4) is 0 Å². The number of hydrogen-bond donors (Lipinski definition) is 4. The van der Waals surface area contributed by atoms with Crippen molar-refractivity contribution in [3.8, 4) is 28.1 Å². The number of amides is 5. The summed E-state index contributed by atoms with van der Waals surface area (Å²) in [4.78, 5) is 90.2. The number of benzene rings is 2. The molecule has 17 nitrogen and oxygen atoms in total. The van der Waals surface area contributed by atoms with Crippen LogP contribution in [0.4, 0.5) is 4.79 Å². The van der Waals surface area contributed by atoms with E-state index in [2.05, 4.69) is 38.6 Å². The highest BCUT2D eigenvalue weighted by atomic mass is 16.6. The SMILES string of the molecule is CCC(C)N(C)C(=O)c1cncc(-c2c3c4cc(ccc4n2CC)-c2cc(O)cc(c2)C[C@H](NC(=O)[C@H](C(C)C)N(C)C(=O)CNC(=O)OC(C)(C)C)C(=O)N2CCC[C@H](N2)C(=O)OCC(C)(C)C3)c1. The lowest BCUT2D eigenvalue weighted by atomic mass is 9.84. The van der Waals surface area contributed by atoms with E-state index in [-0.39, 0.29) is 37.3 Å². The molecule has 1 fully saturated rings. The standard InChI is InChI=1S/C53H72N8O9/c1-13-32(5)58(11)48(65)37-23-36(27-54-28-37)46-40-26-53(9,10)30-69-50(67)41-16-15-19-61(57-41)49(66)42(56-47(64)45(31(3)4)59(12)44(63)29-55-51(68)70-52(6,7)8)22-33-20-35(24-38(62)21-33)34-17-18-43(39(40)25-34)60(46)14-2/h17-18,20-21,23-25,27-28,31-32,41-42,45,57,62H,13-16,19,22,26,29-30H2,1-12H3,(H,55,68)(H,56,64)/t32?,41-,42-,45-/m0/s1. The van der Waals surface area contributed by atoms with Crippen LogP contribution in [0.1, 0.15) is 110 Å². The predicted octanol–water partition coefficient (Wildman–Crippen LogP) is 6.62. The van der Waals surface area contributed by atoms with Crippen LogP contribution in [0.5, 0.6) is 5.75 Å². The van der Waals surface area contributed by atoms with E-state index in [9.17, 15) is 33.9 Å². The summed E-state index contributed by atoms with van der Waals surface area (Å²) in [6, 6.07) is 9.97. The van der Waals surface area contributed by atoms with Crippen LogP contribution >= 0.6 is 0 Å². The van der Waals surface area contributed by atoms with Crippen LogP contribution in [0.15, 0.2) is 54.9 Å². The number of rotatable bonds is 11. The van der Waals surface area contributed by atoms with E-state index in [1.807, 2.05) is 52.0 Å². The first kappa shape index (κ1) is 52.9. The van der Waals surface area contributed by atoms with E-state index in [0.717, 1.165) is 39.7 Å². The van der Waals surface area contributed by atoms with Gasteiger partial charge in [-0.15, -0.1) is 0 Å². The van der Waals surface area contributed by atoms with Gasteiger partial charge in [-0.1, -0.05) is 46.8 Å². The molecule has 6 rings (SSSR count). The molecular formula is C53H72N8O9. The first-order chi connectivity index (χ1) is 32.9. The zero-order valence-electron chi connectivity index (χ0n) is 42.9. The number of phenols is 1. The van der Waals surface area contributed by atoms with Crippen LogP contribution in [-0.2, 0) is 48.0 Å². The van der Waals surface area contributed by atoms with Gasteiger partial charge in [0, 0.05) is 73.9 Å². The molecule has 0 spiro atoms. The van der Waals surface area contributed by atoms with Gasteiger partial charge < -0.3 is 39.6 Å². The number of pyridine rings is 1. The van der Waals surface area contributed by atoms with Crippen molar-refractivity contribution in [2.24, 2.45) is 11.3 Å². The van der Waals surface area contributed by atoms with Crippen molar-refractivity contribution in [1.82, 2.24) is 40.4 Å². The third-order valence-corrected chi connectivity index (χ3v) is 13.2. The smallest absolute Gasteiger partial charge is 0.408 e. The molecule has 70 heavy (non-hydrogen) atoms. The van der Waals surface area contributed by atoms with Crippen LogP contribution in [-0.4, -0.2) is 129 Å². The second-order valence-corrected chi connectivity index (χ2v) is 20.9. The van der Waals surface area contributed by atoms with Gasteiger partial charge in [0.2, 0.25) is 11.8 Å². The number of hydrogen-bond acceptors (Lipinski definition) is 11. The van der Waals surface area contributed by atoms with Crippen LogP contribution in [0.25, 0.3) is 33.3 Å². The van der Waals surface area contributed by atoms with E-state index < -0.39 is 71.4 Å². The van der Waals surface area contributed by atoms with Crippen molar-refractivity contribution in [2.45, 2.75) is 138 Å². The monoisotopic (exact) mass is 965 g/mol. The van der Waals surface area contributed by atoms with Gasteiger partial charge in [-0.3, -0.25) is 34.0 Å². The highest BCUT2D eigenvalue weighted by Crippen LogP contribution is 2.41. The van der Waals surface area contributed by atoms with E-state index in [0.29, 0.717) is 42.5 Å². The number of carbonyl (C=O) groups excluding carboxylic acids is 6. The minimum absolute atomic E-state index is 0.0310. The third kappa shape index (κ3) is 12.3. The summed E-state index contributed by atoms with van der Waals surface area (Å²) in [6.45, 7) is 19.3. The van der Waals surface area contributed by atoms with Crippen molar-refractivity contribution >= 4 is 46.6 Å². The first-order valence-corrected chi connectivity index (χ1v) is 24.4. The Hall–Kier alpha value is -6.49. The molecule has 4 aromatic rings. The zero-order chi connectivity index (χ0) is 51.4. The van der Waals surface area contributed by atoms with Crippen LogP contribution < -0.4 is 16.1 Å². The summed E-state index contributed by atoms with van der Waals surface area (Å²) in [5, 5.41) is 19.0. The first-order valence-electron chi connectivity index (χ1n) is 24.4. The summed E-state index contributed by atoms with van der Waals surface area (Å²) < 4.78 is 13.6. The number of fused-ring (bicyclic) bond motifs is 6. The Morgan fingerprint density at radius 1 is 0.986 bits per heavy atom. The molecular weight excluding hydrogens is 893 g/mol. The molecule has 2 aliphatic rings. The van der Waals surface area contributed by atoms with Crippen molar-refractivity contribution in [1.29, 1.82) is 0 Å². The molecule has 0 radical (unpaired) electrons. The lowest BCUT2D eigenvalue weighted by Gasteiger charge is -2.36. The zero-order valence-corrected chi connectivity index (χ0v) is 42.9. The number of phenolic OH excluding ortho intramolecular Hbond substituents is 1. The van der Waals surface area contributed by atoms with Gasteiger partial charge in [-0.05, 0) is 119 Å². The fraction of sp³-hybridized carbons (Fsp3) is 0.528. The van der Waals surface area contributed by atoms with Crippen molar-refractivity contribution in [3.05, 3.63) is 71.5 Å². The molecule has 4 atom stereocenters. The fourth-order valence-corrected chi connectivity index (χ4v) is 9.32. The quantitative estimate of drug-likeness (QED) is 0.118. The van der Waals surface area contributed by atoms with Gasteiger partial charge in [0.15, 0.2) is 0 Å². The summed E-state index contributed by atoms with van der Waals surface area (Å²) in [7, 11) is 3.26. The molecule has 17 heteroatoms. The molecule has 6 bridgehead atoms. The Labute approximate surface area is 411 Å². The Bertz CT molecular complexity index is 2620. The van der Waals surface area contributed by atoms with Gasteiger partial charge in [-0.2, -0.15) is 0 Å². The van der Waals surface area contributed by atoms with Gasteiger partial charge >= 0.3 is 12.1 Å². The number of cyclic esters (lactones) is 1. The van der Waals surface area contributed by atoms with Crippen LogP contribution in [0.2, 0.25) is 0 Å². The van der Waals surface area contributed by atoms with Gasteiger partial charge in [0.05, 0.1) is 17.9 Å².